The number of rotatable bonds is 3. The Kier molecular flexibility index (Phi) is 4.92. The molecule has 2 aromatic carbocycles. The number of fused-ring (bicyclic) bond motifs is 1. The number of carbonyl (C=O) groups is 2. The second-order valence-electron chi connectivity index (χ2n) is 7.24. The molecule has 2 amide bonds. The summed E-state index contributed by atoms with van der Waals surface area (Å²) in [5.74, 6) is -0.375. The van der Waals surface area contributed by atoms with Gasteiger partial charge in [0.2, 0.25) is 5.91 Å². The van der Waals surface area contributed by atoms with Gasteiger partial charge in [-0.1, -0.05) is 30.3 Å². The molecule has 1 heterocycles. The minimum Gasteiger partial charge on any atom is -0.339 e. The molecular weight excluding hydrogens is 343 g/mol. The Hall–Kier alpha value is -2.69. The van der Waals surface area contributed by atoms with Crippen LogP contribution in [0.2, 0.25) is 0 Å². The molecule has 0 N–H and O–H groups in total. The van der Waals surface area contributed by atoms with Gasteiger partial charge in [-0.2, -0.15) is 0 Å². The van der Waals surface area contributed by atoms with Crippen LogP contribution in [0.25, 0.3) is 0 Å². The van der Waals surface area contributed by atoms with Crippen LogP contribution in [0.1, 0.15) is 33.5 Å². The van der Waals surface area contributed by atoms with E-state index < -0.39 is 0 Å². The third kappa shape index (κ3) is 3.59. The van der Waals surface area contributed by atoms with Crippen LogP contribution in [-0.4, -0.2) is 47.8 Å². The predicted molar refractivity (Wildman–Crippen MR) is 101 cm³/mol. The quantitative estimate of drug-likeness (QED) is 0.838. The summed E-state index contributed by atoms with van der Waals surface area (Å²) in [6.07, 6.45) is 3.19. The highest BCUT2D eigenvalue weighted by molar-refractivity contribution is 5.96. The van der Waals surface area contributed by atoms with Gasteiger partial charge in [-0.05, 0) is 48.1 Å². The van der Waals surface area contributed by atoms with Crippen LogP contribution >= 0.6 is 0 Å². The van der Waals surface area contributed by atoms with Crippen molar-refractivity contribution in [3.63, 3.8) is 0 Å². The summed E-state index contributed by atoms with van der Waals surface area (Å²) in [4.78, 5) is 29.0. The number of nitrogens with zero attached hydrogens (tertiary/aromatic N) is 2. The van der Waals surface area contributed by atoms with E-state index in [1.54, 1.807) is 23.1 Å². The van der Waals surface area contributed by atoms with Crippen LogP contribution in [0, 0.1) is 5.82 Å². The van der Waals surface area contributed by atoms with E-state index in [2.05, 4.69) is 6.07 Å². The molecule has 1 saturated heterocycles. The molecule has 0 radical (unpaired) electrons. The highest BCUT2D eigenvalue weighted by Crippen LogP contribution is 2.26. The maximum atomic E-state index is 13.8. The normalized spacial score (nSPS) is 16.3. The summed E-state index contributed by atoms with van der Waals surface area (Å²) < 4.78 is 13.8. The molecule has 4 nitrogen and oxygen atoms in total. The van der Waals surface area contributed by atoms with Gasteiger partial charge in [0.25, 0.3) is 5.91 Å². The van der Waals surface area contributed by atoms with E-state index in [0.29, 0.717) is 31.7 Å². The Bertz CT molecular complexity index is 872. The second-order valence-corrected chi connectivity index (χ2v) is 7.24. The van der Waals surface area contributed by atoms with Crippen molar-refractivity contribution in [3.05, 3.63) is 70.5 Å². The number of carbonyl (C=O) groups excluding carboxylic acids is 2. The highest BCUT2D eigenvalue weighted by atomic mass is 19.1. The summed E-state index contributed by atoms with van der Waals surface area (Å²) >= 11 is 0. The van der Waals surface area contributed by atoms with Crippen LogP contribution < -0.4 is 0 Å². The standard InChI is InChI=1S/C22H23FN2O2/c23-20-10-2-1-5-17(20)15-21(26)24-11-13-25(14-12-24)22(27)19-9-4-7-16-6-3-8-18(16)19/h1-2,4-5,7,9-10H,3,6,8,11-15H2. The smallest absolute Gasteiger partial charge is 0.254 e. The average Bonchev–Trinajstić information content (AvgIpc) is 3.18. The van der Waals surface area contributed by atoms with Crippen molar-refractivity contribution < 1.29 is 14.0 Å². The van der Waals surface area contributed by atoms with Crippen molar-refractivity contribution in [3.8, 4) is 0 Å². The molecule has 1 aliphatic carbocycles. The zero-order chi connectivity index (χ0) is 18.8. The average molecular weight is 366 g/mol. The van der Waals surface area contributed by atoms with Gasteiger partial charge in [0, 0.05) is 31.7 Å². The van der Waals surface area contributed by atoms with Gasteiger partial charge in [0.1, 0.15) is 5.82 Å². The highest BCUT2D eigenvalue weighted by Gasteiger charge is 2.27. The topological polar surface area (TPSA) is 40.6 Å². The van der Waals surface area contributed by atoms with Gasteiger partial charge in [-0.25, -0.2) is 4.39 Å². The number of halogens is 1. The van der Waals surface area contributed by atoms with Crippen molar-refractivity contribution >= 4 is 11.8 Å². The summed E-state index contributed by atoms with van der Waals surface area (Å²) in [5.41, 5.74) is 3.72. The van der Waals surface area contributed by atoms with Gasteiger partial charge in [0.15, 0.2) is 0 Å². The molecule has 4 rings (SSSR count). The van der Waals surface area contributed by atoms with E-state index in [9.17, 15) is 14.0 Å². The van der Waals surface area contributed by atoms with Crippen molar-refractivity contribution in [2.24, 2.45) is 0 Å². The summed E-state index contributed by atoms with van der Waals surface area (Å²) in [6, 6.07) is 12.4. The number of aryl methyl sites for hydroxylation is 1. The van der Waals surface area contributed by atoms with E-state index in [-0.39, 0.29) is 24.1 Å². The van der Waals surface area contributed by atoms with Gasteiger partial charge in [0.05, 0.1) is 6.42 Å². The number of piperazine rings is 1. The molecular formula is C22H23FN2O2. The fraction of sp³-hybridized carbons (Fsp3) is 0.364. The maximum Gasteiger partial charge on any atom is 0.254 e. The molecule has 1 aliphatic heterocycles. The van der Waals surface area contributed by atoms with E-state index in [4.69, 9.17) is 0 Å². The lowest BCUT2D eigenvalue weighted by Gasteiger charge is -2.35. The van der Waals surface area contributed by atoms with Gasteiger partial charge >= 0.3 is 0 Å². The molecule has 2 aliphatic rings. The molecule has 2 aromatic rings. The van der Waals surface area contributed by atoms with Crippen molar-refractivity contribution in [1.29, 1.82) is 0 Å². The van der Waals surface area contributed by atoms with Gasteiger partial charge < -0.3 is 9.80 Å². The first-order valence-electron chi connectivity index (χ1n) is 9.54. The molecule has 1 fully saturated rings. The third-order valence-electron chi connectivity index (χ3n) is 5.60. The molecule has 0 aromatic heterocycles. The number of benzene rings is 2. The molecule has 0 unspecified atom stereocenters. The Morgan fingerprint density at radius 1 is 0.889 bits per heavy atom. The minimum absolute atomic E-state index is 0.0623. The predicted octanol–water partition coefficient (Wildman–Crippen LogP) is 2.84. The lowest BCUT2D eigenvalue weighted by Crippen LogP contribution is -2.51. The monoisotopic (exact) mass is 366 g/mol. The molecule has 5 heteroatoms. The lowest BCUT2D eigenvalue weighted by molar-refractivity contribution is -0.132. The van der Waals surface area contributed by atoms with Crippen LogP contribution in [0.4, 0.5) is 4.39 Å². The largest absolute Gasteiger partial charge is 0.339 e. The van der Waals surface area contributed by atoms with Crippen LogP contribution in [0.5, 0.6) is 0 Å². The summed E-state index contributed by atoms with van der Waals surface area (Å²) in [5, 5.41) is 0. The van der Waals surface area contributed by atoms with E-state index in [0.717, 1.165) is 24.8 Å². The number of hydrogen-bond acceptors (Lipinski definition) is 2. The van der Waals surface area contributed by atoms with Crippen molar-refractivity contribution in [2.45, 2.75) is 25.7 Å². The first-order chi connectivity index (χ1) is 13.1. The van der Waals surface area contributed by atoms with Crippen molar-refractivity contribution in [1.82, 2.24) is 9.80 Å². The molecule has 140 valence electrons. The van der Waals surface area contributed by atoms with Crippen LogP contribution in [-0.2, 0) is 24.1 Å². The molecule has 0 atom stereocenters. The number of amides is 2. The fourth-order valence-electron chi connectivity index (χ4n) is 4.07. The van der Waals surface area contributed by atoms with E-state index in [1.807, 2.05) is 17.0 Å². The van der Waals surface area contributed by atoms with Gasteiger partial charge in [-0.3, -0.25) is 9.59 Å². The first-order valence-corrected chi connectivity index (χ1v) is 9.54. The Morgan fingerprint density at radius 3 is 2.41 bits per heavy atom. The fourth-order valence-corrected chi connectivity index (χ4v) is 4.07. The van der Waals surface area contributed by atoms with Crippen molar-refractivity contribution in [2.75, 3.05) is 26.2 Å². The maximum absolute atomic E-state index is 13.8. The third-order valence-corrected chi connectivity index (χ3v) is 5.60. The van der Waals surface area contributed by atoms with Gasteiger partial charge in [-0.15, -0.1) is 0 Å². The molecule has 0 bridgehead atoms. The zero-order valence-electron chi connectivity index (χ0n) is 15.3. The Labute approximate surface area is 158 Å². The van der Waals surface area contributed by atoms with Crippen LogP contribution in [0.15, 0.2) is 42.5 Å². The SMILES string of the molecule is O=C(Cc1ccccc1F)N1CCN(C(=O)c2cccc3c2CCC3)CC1. The van der Waals surface area contributed by atoms with E-state index in [1.165, 1.54) is 17.2 Å². The number of hydrogen-bond donors (Lipinski definition) is 0. The zero-order valence-corrected chi connectivity index (χ0v) is 15.3. The Balaban J connectivity index is 1.38. The second kappa shape index (κ2) is 7.51. The lowest BCUT2D eigenvalue weighted by atomic mass is 10.0. The summed E-state index contributed by atoms with van der Waals surface area (Å²) in [7, 11) is 0. The minimum atomic E-state index is -0.349. The first kappa shape index (κ1) is 17.7. The molecule has 0 spiro atoms. The summed E-state index contributed by atoms with van der Waals surface area (Å²) in [6.45, 7) is 2.03. The Morgan fingerprint density at radius 2 is 1.63 bits per heavy atom. The molecule has 27 heavy (non-hydrogen) atoms. The van der Waals surface area contributed by atoms with Crippen LogP contribution in [0.3, 0.4) is 0 Å². The van der Waals surface area contributed by atoms with E-state index >= 15 is 0 Å². The molecule has 0 saturated carbocycles.